The third-order valence-corrected chi connectivity index (χ3v) is 12.2. The molecular weight excluding hydrogens is 724 g/mol. The summed E-state index contributed by atoms with van der Waals surface area (Å²) < 4.78 is 32.5. The average Bonchev–Trinajstić information content (AvgIpc) is 3.40. The standard InChI is InChI=1S/C33H29N3O14P2/c37-20-5-8-24-27(12-20)50-28-13-21(38)6-9-25(28)30(24)23-7-4-18(11-26(23)32(41)42)31(40)34-15-22(39)17-35-16-19(36-10-2-1-3-29(35)36)14-33(43,51(44,45)46)52(47,48)49/h1-13,16,22,39,43H,14-15,17H2,(H6-,34,37,38,40,41,42,44,45,46,47,48,49)/p+1. The van der Waals surface area contributed by atoms with E-state index in [1.807, 2.05) is 0 Å². The molecule has 2 aromatic carbocycles. The Bertz CT molecular complexity index is 2500. The molecule has 3 heterocycles. The summed E-state index contributed by atoms with van der Waals surface area (Å²) in [6, 6.07) is 16.9. The molecule has 1 aliphatic heterocycles. The number of aromatic hydroxyl groups is 1. The predicted octanol–water partition coefficient (Wildman–Crippen LogP) is 1.84. The predicted molar refractivity (Wildman–Crippen MR) is 182 cm³/mol. The molecule has 19 heteroatoms. The molecule has 0 spiro atoms. The largest absolute Gasteiger partial charge is 0.508 e. The number of aromatic carboxylic acids is 1. The van der Waals surface area contributed by atoms with E-state index in [0.717, 1.165) is 6.07 Å². The number of pyridine rings is 1. The van der Waals surface area contributed by atoms with Crippen molar-refractivity contribution in [3.05, 3.63) is 112 Å². The lowest BCUT2D eigenvalue weighted by atomic mass is 9.90. The van der Waals surface area contributed by atoms with Crippen LogP contribution in [-0.2, 0) is 22.1 Å². The number of fused-ring (bicyclic) bond motifs is 3. The van der Waals surface area contributed by atoms with Gasteiger partial charge in [0.2, 0.25) is 0 Å². The lowest BCUT2D eigenvalue weighted by Gasteiger charge is -2.27. The zero-order chi connectivity index (χ0) is 37.7. The van der Waals surface area contributed by atoms with Crippen LogP contribution in [0.5, 0.6) is 5.75 Å². The van der Waals surface area contributed by atoms with Crippen molar-refractivity contribution < 1.29 is 67.7 Å². The van der Waals surface area contributed by atoms with Gasteiger partial charge < -0.3 is 49.7 Å². The third-order valence-electron chi connectivity index (χ3n) is 8.46. The van der Waals surface area contributed by atoms with Crippen molar-refractivity contribution in [2.75, 3.05) is 6.54 Å². The molecule has 17 nitrogen and oxygen atoms in total. The highest BCUT2D eigenvalue weighted by atomic mass is 31.2. The number of phenolic OH excluding ortho intramolecular Hbond substituents is 1. The maximum Gasteiger partial charge on any atom is 0.369 e. The number of carboxylic acids is 1. The molecule has 1 unspecified atom stereocenters. The molecule has 2 aromatic heterocycles. The molecule has 0 bridgehead atoms. The minimum absolute atomic E-state index is 0.0690. The number of benzene rings is 3. The second-order valence-electron chi connectivity index (χ2n) is 12.0. The summed E-state index contributed by atoms with van der Waals surface area (Å²) in [7, 11) is -11.5. The van der Waals surface area contributed by atoms with Crippen LogP contribution < -0.4 is 15.3 Å². The molecule has 2 aliphatic rings. The van der Waals surface area contributed by atoms with Crippen molar-refractivity contribution in [3.63, 3.8) is 0 Å². The lowest BCUT2D eigenvalue weighted by Crippen LogP contribution is -2.44. The van der Waals surface area contributed by atoms with Crippen LogP contribution in [0.15, 0.2) is 94.4 Å². The molecule has 0 saturated carbocycles. The van der Waals surface area contributed by atoms with E-state index in [4.69, 9.17) is 4.42 Å². The van der Waals surface area contributed by atoms with E-state index in [2.05, 4.69) is 5.32 Å². The molecule has 0 radical (unpaired) electrons. The SMILES string of the molecule is O=C(NCC(O)C[n+]1cc(CC(O)(P(=O)(O)O)P(=O)(O)O)n2ccccc21)c1ccc(-c2c3ccc(=O)cc-3oc3cc(O)ccc23)c(C(=O)O)c1. The molecule has 4 aromatic rings. The molecule has 1 aliphatic carbocycles. The fourth-order valence-corrected chi connectivity index (χ4v) is 8.04. The van der Waals surface area contributed by atoms with Crippen LogP contribution in [0.1, 0.15) is 26.4 Å². The van der Waals surface area contributed by atoms with Crippen LogP contribution in [-0.4, -0.2) is 74.0 Å². The summed E-state index contributed by atoms with van der Waals surface area (Å²) in [6.45, 7) is -0.599. The van der Waals surface area contributed by atoms with Gasteiger partial charge in [-0.3, -0.25) is 18.7 Å². The van der Waals surface area contributed by atoms with Gasteiger partial charge in [-0.25, -0.2) is 9.36 Å². The van der Waals surface area contributed by atoms with Gasteiger partial charge >= 0.3 is 21.2 Å². The topological polar surface area (TPSA) is 281 Å². The number of rotatable bonds is 11. The number of phenols is 1. The smallest absolute Gasteiger partial charge is 0.369 e. The van der Waals surface area contributed by atoms with Crippen molar-refractivity contribution in [2.24, 2.45) is 0 Å². The highest BCUT2D eigenvalue weighted by molar-refractivity contribution is 7.72. The number of carboxylic acid groups (broad SMARTS) is 1. The van der Waals surface area contributed by atoms with Gasteiger partial charge in [0.1, 0.15) is 35.9 Å². The van der Waals surface area contributed by atoms with E-state index >= 15 is 0 Å². The first-order chi connectivity index (χ1) is 24.4. The number of amides is 1. The van der Waals surface area contributed by atoms with Crippen LogP contribution in [0, 0.1) is 0 Å². The van der Waals surface area contributed by atoms with Gasteiger partial charge in [-0.05, 0) is 48.0 Å². The lowest BCUT2D eigenvalue weighted by molar-refractivity contribution is -0.678. The van der Waals surface area contributed by atoms with Gasteiger partial charge in [0, 0.05) is 46.8 Å². The first-order valence-electron chi connectivity index (χ1n) is 15.2. The summed E-state index contributed by atoms with van der Waals surface area (Å²) in [5.41, 5.74) is 0.664. The highest BCUT2D eigenvalue weighted by Gasteiger charge is 2.60. The van der Waals surface area contributed by atoms with Crippen molar-refractivity contribution in [1.82, 2.24) is 9.72 Å². The molecule has 0 fully saturated rings. The summed E-state index contributed by atoms with van der Waals surface area (Å²) >= 11 is 0. The summed E-state index contributed by atoms with van der Waals surface area (Å²) in [5, 5.41) is 40.8. The van der Waals surface area contributed by atoms with Crippen LogP contribution >= 0.6 is 15.2 Å². The molecule has 270 valence electrons. The quantitative estimate of drug-likeness (QED) is 0.0519. The van der Waals surface area contributed by atoms with Crippen molar-refractivity contribution >= 4 is 43.7 Å². The number of aromatic nitrogens is 2. The third kappa shape index (κ3) is 6.75. The van der Waals surface area contributed by atoms with Gasteiger partial charge in [0.15, 0.2) is 11.1 Å². The summed E-state index contributed by atoms with van der Waals surface area (Å²) in [5.74, 6) is -2.09. The Morgan fingerprint density at radius 3 is 2.35 bits per heavy atom. The molecule has 1 amide bonds. The average molecular weight is 755 g/mol. The number of carbonyl (C=O) groups is 2. The van der Waals surface area contributed by atoms with Crippen molar-refractivity contribution in [2.45, 2.75) is 24.2 Å². The summed E-state index contributed by atoms with van der Waals surface area (Å²) in [6.07, 6.45) is 0.194. The fraction of sp³-hybridized carbons (Fsp3) is 0.152. The van der Waals surface area contributed by atoms with Crippen molar-refractivity contribution in [1.29, 1.82) is 0 Å². The maximum atomic E-state index is 13.2. The molecule has 6 rings (SSSR count). The molecule has 9 N–H and O–H groups in total. The van der Waals surface area contributed by atoms with E-state index in [1.165, 1.54) is 82.0 Å². The first kappa shape index (κ1) is 36.6. The van der Waals surface area contributed by atoms with E-state index in [9.17, 15) is 63.5 Å². The van der Waals surface area contributed by atoms with Gasteiger partial charge in [-0.15, -0.1) is 0 Å². The number of hydrogen-bond acceptors (Lipinski definition) is 9. The van der Waals surface area contributed by atoms with Crippen LogP contribution in [0.3, 0.4) is 0 Å². The Balaban J connectivity index is 1.26. The molecular formula is C33H30N3O14P2+. The number of nitrogens with one attached hydrogen (secondary N) is 1. The fourth-order valence-electron chi connectivity index (χ4n) is 5.95. The molecule has 1 atom stereocenters. The molecule has 52 heavy (non-hydrogen) atoms. The number of aliphatic hydroxyl groups excluding tert-OH is 1. The van der Waals surface area contributed by atoms with E-state index in [0.29, 0.717) is 22.2 Å². The maximum absolute atomic E-state index is 13.2. The zero-order valence-electron chi connectivity index (χ0n) is 26.6. The monoisotopic (exact) mass is 754 g/mol. The number of imidazole rings is 1. The van der Waals surface area contributed by atoms with Gasteiger partial charge in [-0.2, -0.15) is 4.40 Å². The number of aliphatic hydroxyl groups is 2. The number of hydrogen-bond donors (Lipinski definition) is 9. The van der Waals surface area contributed by atoms with Crippen LogP contribution in [0.4, 0.5) is 0 Å². The second-order valence-corrected chi connectivity index (χ2v) is 16.0. The Labute approximate surface area is 291 Å². The minimum Gasteiger partial charge on any atom is -0.508 e. The number of nitrogens with zero attached hydrogens (tertiary/aromatic N) is 2. The highest BCUT2D eigenvalue weighted by Crippen LogP contribution is 2.68. The van der Waals surface area contributed by atoms with E-state index < -0.39 is 44.7 Å². The Hall–Kier alpha value is -5.22. The zero-order valence-corrected chi connectivity index (χ0v) is 28.4. The van der Waals surface area contributed by atoms with Gasteiger partial charge in [0.05, 0.1) is 18.2 Å². The Kier molecular flexibility index (Phi) is 9.42. The Morgan fingerprint density at radius 2 is 1.65 bits per heavy atom. The van der Waals surface area contributed by atoms with Crippen LogP contribution in [0.25, 0.3) is 39.1 Å². The second kappa shape index (κ2) is 13.4. The summed E-state index contributed by atoms with van der Waals surface area (Å²) in [4.78, 5) is 76.3. The van der Waals surface area contributed by atoms with Gasteiger partial charge in [0.25, 0.3) is 16.6 Å². The normalized spacial score (nSPS) is 13.1. The van der Waals surface area contributed by atoms with Gasteiger partial charge in [-0.1, -0.05) is 12.1 Å². The van der Waals surface area contributed by atoms with Crippen molar-refractivity contribution in [3.8, 4) is 28.2 Å². The number of carbonyl (C=O) groups excluding carboxylic acids is 1. The Morgan fingerprint density at radius 1 is 0.942 bits per heavy atom. The van der Waals surface area contributed by atoms with Crippen LogP contribution in [0.2, 0.25) is 0 Å². The van der Waals surface area contributed by atoms with E-state index in [1.54, 1.807) is 6.07 Å². The minimum atomic E-state index is -5.77. The van der Waals surface area contributed by atoms with E-state index in [-0.39, 0.29) is 58.0 Å². The first-order valence-corrected chi connectivity index (χ1v) is 18.5. The molecule has 0 saturated heterocycles.